The number of ether oxygens (including phenoxy) is 5. The third-order valence-corrected chi connectivity index (χ3v) is 3.63. The Morgan fingerprint density at radius 2 is 1.48 bits per heavy atom. The number of hydrogen-bond donors (Lipinski definition) is 1. The number of amides is 1. The highest BCUT2D eigenvalue weighted by molar-refractivity contribution is 5.93. The molecule has 9 heteroatoms. The Morgan fingerprint density at radius 1 is 0.897 bits per heavy atom. The van der Waals surface area contributed by atoms with Crippen LogP contribution in [0.3, 0.4) is 0 Å². The lowest BCUT2D eigenvalue weighted by molar-refractivity contribution is -0.120. The fraction of sp³-hybridized carbons (Fsp3) is 0.250. The first-order valence-electron chi connectivity index (χ1n) is 8.56. The summed E-state index contributed by atoms with van der Waals surface area (Å²) in [4.78, 5) is 35.1. The lowest BCUT2D eigenvalue weighted by atomic mass is 10.1. The van der Waals surface area contributed by atoms with Crippen molar-refractivity contribution in [1.29, 1.82) is 0 Å². The number of nitrogens with two attached hydrogens (primary N) is 1. The zero-order valence-electron chi connectivity index (χ0n) is 16.2. The summed E-state index contributed by atoms with van der Waals surface area (Å²) in [5, 5.41) is 0. The molecule has 0 aromatic heterocycles. The van der Waals surface area contributed by atoms with Crippen molar-refractivity contribution in [2.45, 2.75) is 6.92 Å². The van der Waals surface area contributed by atoms with Crippen LogP contribution in [0.2, 0.25) is 0 Å². The van der Waals surface area contributed by atoms with E-state index in [1.807, 2.05) is 0 Å². The Hall–Kier alpha value is -3.75. The maximum atomic E-state index is 12.5. The number of benzene rings is 2. The molecule has 0 fully saturated rings. The monoisotopic (exact) mass is 403 g/mol. The first-order valence-corrected chi connectivity index (χ1v) is 8.56. The number of esters is 2. The van der Waals surface area contributed by atoms with Crippen LogP contribution >= 0.6 is 0 Å². The van der Waals surface area contributed by atoms with Gasteiger partial charge in [-0.2, -0.15) is 0 Å². The summed E-state index contributed by atoms with van der Waals surface area (Å²) in [6, 6.07) is 8.69. The molecule has 2 aromatic rings. The molecular formula is C20H21NO8. The standard InChI is InChI=1S/C20H21NO8/c1-4-27-19(23)12-5-7-14(8-6-12)29-20(24)13-9-15(25-2)18(16(10-13)26-3)28-11-17(21)22/h5-10H,4,11H2,1-3H3,(H2,21,22). The molecule has 2 aromatic carbocycles. The highest BCUT2D eigenvalue weighted by Gasteiger charge is 2.20. The normalized spacial score (nSPS) is 10.0. The Morgan fingerprint density at radius 3 is 1.97 bits per heavy atom. The lowest BCUT2D eigenvalue weighted by Gasteiger charge is -2.15. The van der Waals surface area contributed by atoms with Gasteiger partial charge in [0.15, 0.2) is 18.1 Å². The number of carbonyl (C=O) groups excluding carboxylic acids is 3. The van der Waals surface area contributed by atoms with Crippen molar-refractivity contribution in [3.63, 3.8) is 0 Å². The van der Waals surface area contributed by atoms with Gasteiger partial charge in [-0.3, -0.25) is 4.79 Å². The second-order valence-corrected chi connectivity index (χ2v) is 5.60. The van der Waals surface area contributed by atoms with Crippen LogP contribution in [0, 0.1) is 0 Å². The van der Waals surface area contributed by atoms with E-state index in [1.165, 1.54) is 50.6 Å². The molecule has 0 saturated heterocycles. The smallest absolute Gasteiger partial charge is 0.343 e. The highest BCUT2D eigenvalue weighted by atomic mass is 16.5. The third-order valence-electron chi connectivity index (χ3n) is 3.63. The minimum atomic E-state index is -0.688. The van der Waals surface area contributed by atoms with Crippen LogP contribution in [0.4, 0.5) is 0 Å². The van der Waals surface area contributed by atoms with Crippen LogP contribution in [-0.2, 0) is 9.53 Å². The number of primary amides is 1. The molecule has 9 nitrogen and oxygen atoms in total. The number of rotatable bonds is 9. The molecule has 0 aliphatic carbocycles. The molecule has 0 heterocycles. The summed E-state index contributed by atoms with van der Waals surface area (Å²) in [5.41, 5.74) is 5.55. The lowest BCUT2D eigenvalue weighted by Crippen LogP contribution is -2.20. The van der Waals surface area contributed by atoms with Crippen molar-refractivity contribution in [2.75, 3.05) is 27.4 Å². The topological polar surface area (TPSA) is 123 Å². The summed E-state index contributed by atoms with van der Waals surface area (Å²) in [5.74, 6) is -1.15. The molecule has 2 N–H and O–H groups in total. The van der Waals surface area contributed by atoms with Crippen molar-refractivity contribution < 1.29 is 38.1 Å². The fourth-order valence-electron chi connectivity index (χ4n) is 2.32. The summed E-state index contributed by atoms with van der Waals surface area (Å²) in [6.45, 7) is 1.59. The Labute approximate surface area is 167 Å². The predicted molar refractivity (Wildman–Crippen MR) is 102 cm³/mol. The Bertz CT molecular complexity index is 867. The summed E-state index contributed by atoms with van der Waals surface area (Å²) < 4.78 is 25.9. The molecule has 2 rings (SSSR count). The van der Waals surface area contributed by atoms with Gasteiger partial charge in [0.25, 0.3) is 5.91 Å². The van der Waals surface area contributed by atoms with Gasteiger partial charge in [0.05, 0.1) is 32.0 Å². The van der Waals surface area contributed by atoms with Crippen molar-refractivity contribution in [2.24, 2.45) is 5.73 Å². The molecule has 0 unspecified atom stereocenters. The van der Waals surface area contributed by atoms with Crippen molar-refractivity contribution in [3.8, 4) is 23.0 Å². The van der Waals surface area contributed by atoms with E-state index in [9.17, 15) is 14.4 Å². The number of methoxy groups -OCH3 is 2. The van der Waals surface area contributed by atoms with E-state index >= 15 is 0 Å². The minimum Gasteiger partial charge on any atom is -0.493 e. The molecule has 0 atom stereocenters. The van der Waals surface area contributed by atoms with Crippen LogP contribution in [0.25, 0.3) is 0 Å². The first-order chi connectivity index (χ1) is 13.9. The number of carbonyl (C=O) groups is 3. The molecule has 0 spiro atoms. The molecule has 0 radical (unpaired) electrons. The van der Waals surface area contributed by atoms with Gasteiger partial charge in [0, 0.05) is 0 Å². The van der Waals surface area contributed by atoms with Crippen molar-refractivity contribution in [3.05, 3.63) is 47.5 Å². The summed E-state index contributed by atoms with van der Waals surface area (Å²) >= 11 is 0. The zero-order chi connectivity index (χ0) is 21.4. The largest absolute Gasteiger partial charge is 0.493 e. The van der Waals surface area contributed by atoms with Crippen LogP contribution in [0.1, 0.15) is 27.6 Å². The van der Waals surface area contributed by atoms with Gasteiger partial charge in [-0.05, 0) is 43.3 Å². The van der Waals surface area contributed by atoms with Gasteiger partial charge in [-0.25, -0.2) is 9.59 Å². The van der Waals surface area contributed by atoms with Gasteiger partial charge in [0.2, 0.25) is 5.75 Å². The molecular weight excluding hydrogens is 382 g/mol. The zero-order valence-corrected chi connectivity index (χ0v) is 16.2. The van der Waals surface area contributed by atoms with E-state index in [1.54, 1.807) is 6.92 Å². The maximum Gasteiger partial charge on any atom is 0.343 e. The highest BCUT2D eigenvalue weighted by Crippen LogP contribution is 2.38. The molecule has 0 aliphatic rings. The van der Waals surface area contributed by atoms with Crippen molar-refractivity contribution >= 4 is 17.8 Å². The minimum absolute atomic E-state index is 0.125. The van der Waals surface area contributed by atoms with Gasteiger partial charge >= 0.3 is 11.9 Å². The van der Waals surface area contributed by atoms with Crippen LogP contribution in [0.5, 0.6) is 23.0 Å². The van der Waals surface area contributed by atoms with Crippen LogP contribution in [-0.4, -0.2) is 45.3 Å². The average Bonchev–Trinajstić information content (AvgIpc) is 2.72. The maximum absolute atomic E-state index is 12.5. The van der Waals surface area contributed by atoms with Crippen molar-refractivity contribution in [1.82, 2.24) is 0 Å². The SMILES string of the molecule is CCOC(=O)c1ccc(OC(=O)c2cc(OC)c(OCC(N)=O)c(OC)c2)cc1. The van der Waals surface area contributed by atoms with E-state index in [2.05, 4.69) is 0 Å². The van der Waals surface area contributed by atoms with Gasteiger partial charge < -0.3 is 29.4 Å². The molecule has 154 valence electrons. The summed E-state index contributed by atoms with van der Waals surface area (Å²) in [6.07, 6.45) is 0. The number of hydrogen-bond acceptors (Lipinski definition) is 8. The molecule has 0 saturated carbocycles. The van der Waals surface area contributed by atoms with Crippen LogP contribution in [0.15, 0.2) is 36.4 Å². The molecule has 0 aliphatic heterocycles. The third kappa shape index (κ3) is 5.61. The fourth-order valence-corrected chi connectivity index (χ4v) is 2.32. The van der Waals surface area contributed by atoms with Gasteiger partial charge in [-0.15, -0.1) is 0 Å². The van der Waals surface area contributed by atoms with E-state index in [0.29, 0.717) is 5.56 Å². The predicted octanol–water partition coefficient (Wildman–Crippen LogP) is 1.96. The van der Waals surface area contributed by atoms with Crippen LogP contribution < -0.4 is 24.7 Å². The molecule has 1 amide bonds. The second kappa shape index (κ2) is 9.98. The summed E-state index contributed by atoms with van der Waals surface area (Å²) in [7, 11) is 2.74. The van der Waals surface area contributed by atoms with Gasteiger partial charge in [0.1, 0.15) is 5.75 Å². The second-order valence-electron chi connectivity index (χ2n) is 5.60. The molecule has 29 heavy (non-hydrogen) atoms. The van der Waals surface area contributed by atoms with E-state index in [4.69, 9.17) is 29.4 Å². The average molecular weight is 403 g/mol. The first kappa shape index (κ1) is 21.5. The van der Waals surface area contributed by atoms with E-state index in [-0.39, 0.29) is 41.8 Å². The quantitative estimate of drug-likeness (QED) is 0.498. The Balaban J connectivity index is 2.21. The van der Waals surface area contributed by atoms with E-state index < -0.39 is 17.8 Å². The molecule has 0 bridgehead atoms. The van der Waals surface area contributed by atoms with E-state index in [0.717, 1.165) is 0 Å². The van der Waals surface area contributed by atoms with Gasteiger partial charge in [-0.1, -0.05) is 0 Å². The Kier molecular flexibility index (Phi) is 7.41.